The maximum atomic E-state index is 12.3. The van der Waals surface area contributed by atoms with Gasteiger partial charge in [0.15, 0.2) is 6.29 Å². The van der Waals surface area contributed by atoms with Gasteiger partial charge in [-0.1, -0.05) is 12.1 Å². The van der Waals surface area contributed by atoms with E-state index >= 15 is 0 Å². The summed E-state index contributed by atoms with van der Waals surface area (Å²) in [6.07, 6.45) is -3.68. The summed E-state index contributed by atoms with van der Waals surface area (Å²) >= 11 is 1.01. The summed E-state index contributed by atoms with van der Waals surface area (Å²) in [4.78, 5) is 10.9. The number of nitrogens with zero attached hydrogens (tertiary/aromatic N) is 1. The van der Waals surface area contributed by atoms with Gasteiger partial charge in [-0.2, -0.15) is 17.5 Å². The summed E-state index contributed by atoms with van der Waals surface area (Å²) in [5.74, 6) is 0. The lowest BCUT2D eigenvalue weighted by atomic mass is 10.1. The van der Waals surface area contributed by atoms with Gasteiger partial charge in [-0.3, -0.25) is 4.79 Å². The van der Waals surface area contributed by atoms with Gasteiger partial charge in [-0.05, 0) is 29.7 Å². The van der Waals surface area contributed by atoms with Gasteiger partial charge in [0.1, 0.15) is 0 Å². The van der Waals surface area contributed by atoms with Gasteiger partial charge in [-0.15, -0.1) is 0 Å². The van der Waals surface area contributed by atoms with Crippen molar-refractivity contribution in [2.75, 3.05) is 0 Å². The van der Waals surface area contributed by atoms with Crippen LogP contribution in [0.15, 0.2) is 30.3 Å². The van der Waals surface area contributed by atoms with Crippen molar-refractivity contribution in [3.63, 3.8) is 0 Å². The van der Waals surface area contributed by atoms with E-state index in [1.165, 1.54) is 12.1 Å². The smallest absolute Gasteiger partial charge is 0.297 e. The number of aromatic nitrogens is 1. The number of hydrogen-bond acceptors (Lipinski definition) is 3. The molecule has 0 bridgehead atoms. The molecule has 0 saturated heterocycles. The van der Waals surface area contributed by atoms with Gasteiger partial charge in [0.05, 0.1) is 16.1 Å². The molecule has 1 aromatic heterocycles. The number of hydrogen-bond donors (Lipinski definition) is 0. The Morgan fingerprint density at radius 1 is 1.18 bits per heavy atom. The van der Waals surface area contributed by atoms with Crippen molar-refractivity contribution in [2.24, 2.45) is 0 Å². The van der Waals surface area contributed by atoms with Crippen molar-refractivity contribution in [1.29, 1.82) is 0 Å². The third-order valence-electron chi connectivity index (χ3n) is 2.15. The van der Waals surface area contributed by atoms with E-state index in [-0.39, 0.29) is 0 Å². The lowest BCUT2D eigenvalue weighted by molar-refractivity contribution is -0.137. The predicted molar refractivity (Wildman–Crippen MR) is 57.9 cm³/mol. The first-order valence-corrected chi connectivity index (χ1v) is 5.37. The second-order valence-corrected chi connectivity index (χ2v) is 4.14. The highest BCUT2D eigenvalue weighted by Gasteiger charge is 2.30. The molecular formula is C11H6F3NOS. The van der Waals surface area contributed by atoms with Crippen LogP contribution in [0.3, 0.4) is 0 Å². The topological polar surface area (TPSA) is 30.0 Å². The van der Waals surface area contributed by atoms with Crippen LogP contribution in [-0.4, -0.2) is 10.7 Å². The Morgan fingerprint density at radius 2 is 1.82 bits per heavy atom. The number of aldehydes is 1. The maximum absolute atomic E-state index is 12.3. The Labute approximate surface area is 98.9 Å². The van der Waals surface area contributed by atoms with Crippen molar-refractivity contribution in [2.45, 2.75) is 6.18 Å². The standard InChI is InChI=1S/C11H6F3NOS/c12-11(13,14)8-3-1-7(2-4-8)10-5-9(6-16)17-15-10/h1-6H. The monoisotopic (exact) mass is 257 g/mol. The zero-order valence-corrected chi connectivity index (χ0v) is 9.18. The number of rotatable bonds is 2. The van der Waals surface area contributed by atoms with Crippen molar-refractivity contribution >= 4 is 17.8 Å². The van der Waals surface area contributed by atoms with E-state index in [0.29, 0.717) is 22.4 Å². The molecule has 0 aliphatic heterocycles. The molecule has 1 aromatic carbocycles. The minimum absolute atomic E-state index is 0.444. The Bertz CT molecular complexity index is 530. The molecular weight excluding hydrogens is 251 g/mol. The highest BCUT2D eigenvalue weighted by Crippen LogP contribution is 2.31. The van der Waals surface area contributed by atoms with E-state index in [0.717, 1.165) is 23.7 Å². The van der Waals surface area contributed by atoms with Crippen molar-refractivity contribution in [3.8, 4) is 11.3 Å². The van der Waals surface area contributed by atoms with Gasteiger partial charge in [0, 0.05) is 5.56 Å². The zero-order valence-electron chi connectivity index (χ0n) is 8.36. The van der Waals surface area contributed by atoms with E-state index in [9.17, 15) is 18.0 Å². The SMILES string of the molecule is O=Cc1cc(-c2ccc(C(F)(F)F)cc2)ns1. The maximum Gasteiger partial charge on any atom is 0.416 e. The minimum atomic E-state index is -4.34. The molecule has 0 radical (unpaired) electrons. The zero-order chi connectivity index (χ0) is 12.5. The molecule has 0 N–H and O–H groups in total. The number of alkyl halides is 3. The quantitative estimate of drug-likeness (QED) is 0.769. The molecule has 0 saturated carbocycles. The Balaban J connectivity index is 2.32. The van der Waals surface area contributed by atoms with E-state index in [2.05, 4.69) is 4.37 Å². The molecule has 0 fully saturated rings. The van der Waals surface area contributed by atoms with Crippen LogP contribution in [0.2, 0.25) is 0 Å². The molecule has 0 aliphatic rings. The van der Waals surface area contributed by atoms with Crippen LogP contribution in [-0.2, 0) is 6.18 Å². The minimum Gasteiger partial charge on any atom is -0.297 e. The van der Waals surface area contributed by atoms with Crippen LogP contribution in [0.25, 0.3) is 11.3 Å². The molecule has 0 aliphatic carbocycles. The second-order valence-electron chi connectivity index (χ2n) is 3.31. The first-order valence-electron chi connectivity index (χ1n) is 4.60. The Kier molecular flexibility index (Phi) is 2.97. The van der Waals surface area contributed by atoms with Crippen LogP contribution < -0.4 is 0 Å². The Hall–Kier alpha value is -1.69. The van der Waals surface area contributed by atoms with E-state index in [4.69, 9.17) is 0 Å². The summed E-state index contributed by atoms with van der Waals surface area (Å²) in [5.41, 5.74) is 0.361. The highest BCUT2D eigenvalue weighted by atomic mass is 32.1. The van der Waals surface area contributed by atoms with Gasteiger partial charge >= 0.3 is 6.18 Å². The molecule has 0 atom stereocenters. The molecule has 6 heteroatoms. The van der Waals surface area contributed by atoms with E-state index in [1.807, 2.05) is 0 Å². The number of halogens is 3. The molecule has 88 valence electrons. The van der Waals surface area contributed by atoms with Gasteiger partial charge < -0.3 is 0 Å². The van der Waals surface area contributed by atoms with Crippen molar-refractivity contribution in [1.82, 2.24) is 4.37 Å². The average Bonchev–Trinajstić information content (AvgIpc) is 2.76. The van der Waals surface area contributed by atoms with Crippen molar-refractivity contribution in [3.05, 3.63) is 40.8 Å². The van der Waals surface area contributed by atoms with Crippen LogP contribution in [0.1, 0.15) is 15.2 Å². The van der Waals surface area contributed by atoms with Gasteiger partial charge in [0.2, 0.25) is 0 Å². The molecule has 2 rings (SSSR count). The van der Waals surface area contributed by atoms with Crippen LogP contribution in [0.5, 0.6) is 0 Å². The third-order valence-corrected chi connectivity index (χ3v) is 2.87. The highest BCUT2D eigenvalue weighted by molar-refractivity contribution is 7.07. The van der Waals surface area contributed by atoms with Crippen LogP contribution in [0, 0.1) is 0 Å². The molecule has 0 amide bonds. The molecule has 0 unspecified atom stereocenters. The summed E-state index contributed by atoms with van der Waals surface area (Å²) in [6, 6.07) is 6.21. The number of carbonyl (C=O) groups is 1. The van der Waals surface area contributed by atoms with Crippen molar-refractivity contribution < 1.29 is 18.0 Å². The fourth-order valence-corrected chi connectivity index (χ4v) is 1.88. The lowest BCUT2D eigenvalue weighted by Crippen LogP contribution is -2.03. The van der Waals surface area contributed by atoms with E-state index in [1.54, 1.807) is 6.07 Å². The molecule has 1 heterocycles. The lowest BCUT2D eigenvalue weighted by Gasteiger charge is -2.06. The van der Waals surface area contributed by atoms with Crippen LogP contribution in [0.4, 0.5) is 13.2 Å². The van der Waals surface area contributed by atoms with Crippen LogP contribution >= 0.6 is 11.5 Å². The van der Waals surface area contributed by atoms with E-state index < -0.39 is 11.7 Å². The summed E-state index contributed by atoms with van der Waals surface area (Å²) < 4.78 is 40.9. The average molecular weight is 257 g/mol. The molecule has 2 nitrogen and oxygen atoms in total. The third kappa shape index (κ3) is 2.52. The summed E-state index contributed by atoms with van der Waals surface area (Å²) in [5, 5.41) is 0. The molecule has 17 heavy (non-hydrogen) atoms. The number of carbonyl (C=O) groups excluding carboxylic acids is 1. The van der Waals surface area contributed by atoms with Gasteiger partial charge in [0.25, 0.3) is 0 Å². The summed E-state index contributed by atoms with van der Waals surface area (Å²) in [6.45, 7) is 0. The first kappa shape index (κ1) is 11.8. The molecule has 2 aromatic rings. The summed E-state index contributed by atoms with van der Waals surface area (Å²) in [7, 11) is 0. The van der Waals surface area contributed by atoms with Gasteiger partial charge in [-0.25, -0.2) is 0 Å². The normalized spacial score (nSPS) is 11.5. The Morgan fingerprint density at radius 3 is 2.29 bits per heavy atom. The fourth-order valence-electron chi connectivity index (χ4n) is 1.31. The number of benzene rings is 1. The fraction of sp³-hybridized carbons (Fsp3) is 0.0909. The first-order chi connectivity index (χ1) is 8.00. The largest absolute Gasteiger partial charge is 0.416 e. The second kappa shape index (κ2) is 4.29. The molecule has 0 spiro atoms. The predicted octanol–water partition coefficient (Wildman–Crippen LogP) is 3.64.